The average molecular weight is 227 g/mol. The van der Waals surface area contributed by atoms with Gasteiger partial charge in [-0.05, 0) is 11.8 Å². The molecule has 0 heterocycles. The van der Waals surface area contributed by atoms with Gasteiger partial charge in [-0.25, -0.2) is 4.79 Å². The zero-order valence-corrected chi connectivity index (χ0v) is 9.07. The third kappa shape index (κ3) is 8.08. The Morgan fingerprint density at radius 1 is 1.33 bits per heavy atom. The Kier molecular flexibility index (Phi) is 4.90. The van der Waals surface area contributed by atoms with Gasteiger partial charge < -0.3 is 10.1 Å². The first kappa shape index (κ1) is 14.1. The molecule has 1 amide bonds. The van der Waals surface area contributed by atoms with E-state index >= 15 is 0 Å². The number of amides is 1. The fraction of sp³-hybridized carbons (Fsp3) is 0.889. The summed E-state index contributed by atoms with van der Waals surface area (Å²) in [6, 6.07) is 0. The summed E-state index contributed by atoms with van der Waals surface area (Å²) in [5.41, 5.74) is -0.142. The highest BCUT2D eigenvalue weighted by Gasteiger charge is 2.29. The SMILES string of the molecule is CCC(C)(C)CNC(=O)OCC(F)(F)F. The molecule has 0 saturated carbocycles. The number of rotatable bonds is 4. The van der Waals surface area contributed by atoms with Crippen LogP contribution in [0.5, 0.6) is 0 Å². The van der Waals surface area contributed by atoms with Gasteiger partial charge >= 0.3 is 12.3 Å². The number of alkyl halides is 3. The second-order valence-electron chi connectivity index (χ2n) is 4.06. The average Bonchev–Trinajstić information content (AvgIpc) is 2.10. The highest BCUT2D eigenvalue weighted by Crippen LogP contribution is 2.18. The van der Waals surface area contributed by atoms with Gasteiger partial charge in [0.2, 0.25) is 0 Å². The second-order valence-corrected chi connectivity index (χ2v) is 4.06. The number of carbonyl (C=O) groups excluding carboxylic acids is 1. The van der Waals surface area contributed by atoms with Crippen molar-refractivity contribution in [2.75, 3.05) is 13.2 Å². The normalized spacial score (nSPS) is 12.4. The van der Waals surface area contributed by atoms with Gasteiger partial charge in [0, 0.05) is 6.54 Å². The van der Waals surface area contributed by atoms with Gasteiger partial charge in [0.05, 0.1) is 0 Å². The van der Waals surface area contributed by atoms with Crippen LogP contribution < -0.4 is 5.32 Å². The number of alkyl carbamates (subject to hydrolysis) is 1. The van der Waals surface area contributed by atoms with Crippen LogP contribution in [0.15, 0.2) is 0 Å². The molecular formula is C9H16F3NO2. The lowest BCUT2D eigenvalue weighted by molar-refractivity contribution is -0.160. The molecule has 0 aliphatic carbocycles. The van der Waals surface area contributed by atoms with Gasteiger partial charge in [-0.15, -0.1) is 0 Å². The number of nitrogens with one attached hydrogen (secondary N) is 1. The lowest BCUT2D eigenvalue weighted by atomic mass is 9.90. The number of hydrogen-bond donors (Lipinski definition) is 1. The molecule has 6 heteroatoms. The topological polar surface area (TPSA) is 38.3 Å². The van der Waals surface area contributed by atoms with Crippen molar-refractivity contribution in [2.45, 2.75) is 33.4 Å². The van der Waals surface area contributed by atoms with E-state index in [1.165, 1.54) is 0 Å². The van der Waals surface area contributed by atoms with Crippen LogP contribution in [0.3, 0.4) is 0 Å². The Balaban J connectivity index is 3.77. The largest absolute Gasteiger partial charge is 0.440 e. The van der Waals surface area contributed by atoms with Crippen LogP contribution in [0.1, 0.15) is 27.2 Å². The minimum absolute atomic E-state index is 0.142. The Labute approximate surface area is 87.0 Å². The van der Waals surface area contributed by atoms with Crippen LogP contribution in [0, 0.1) is 5.41 Å². The molecule has 0 spiro atoms. The van der Waals surface area contributed by atoms with Gasteiger partial charge in [0.1, 0.15) is 0 Å². The molecule has 0 bridgehead atoms. The molecule has 0 aliphatic heterocycles. The predicted molar refractivity (Wildman–Crippen MR) is 49.5 cm³/mol. The summed E-state index contributed by atoms with van der Waals surface area (Å²) in [5.74, 6) is 0. The van der Waals surface area contributed by atoms with Crippen LogP contribution in [-0.2, 0) is 4.74 Å². The van der Waals surface area contributed by atoms with Crippen molar-refractivity contribution >= 4 is 6.09 Å². The molecule has 0 atom stereocenters. The molecule has 0 fully saturated rings. The highest BCUT2D eigenvalue weighted by atomic mass is 19.4. The summed E-state index contributed by atoms with van der Waals surface area (Å²) in [4.78, 5) is 10.8. The molecular weight excluding hydrogens is 211 g/mol. The first-order chi connectivity index (χ1) is 6.66. The third-order valence-electron chi connectivity index (χ3n) is 2.04. The molecule has 15 heavy (non-hydrogen) atoms. The standard InChI is InChI=1S/C9H16F3NO2/c1-4-8(2,3)5-13-7(14)15-6-9(10,11)12/h4-6H2,1-3H3,(H,13,14). The van der Waals surface area contributed by atoms with Crippen LogP contribution in [-0.4, -0.2) is 25.4 Å². The molecule has 3 nitrogen and oxygen atoms in total. The van der Waals surface area contributed by atoms with Crippen LogP contribution in [0.25, 0.3) is 0 Å². The van der Waals surface area contributed by atoms with Crippen molar-refractivity contribution < 1.29 is 22.7 Å². The Morgan fingerprint density at radius 2 is 1.87 bits per heavy atom. The van der Waals surface area contributed by atoms with Crippen molar-refractivity contribution in [1.82, 2.24) is 5.32 Å². The zero-order chi connectivity index (χ0) is 12.1. The quantitative estimate of drug-likeness (QED) is 0.801. The lowest BCUT2D eigenvalue weighted by Gasteiger charge is -2.22. The molecule has 0 radical (unpaired) electrons. The number of hydrogen-bond acceptors (Lipinski definition) is 2. The molecule has 0 saturated heterocycles. The first-order valence-corrected chi connectivity index (χ1v) is 4.64. The minimum Gasteiger partial charge on any atom is -0.440 e. The van der Waals surface area contributed by atoms with Crippen molar-refractivity contribution in [2.24, 2.45) is 5.41 Å². The van der Waals surface area contributed by atoms with E-state index < -0.39 is 18.9 Å². The molecule has 0 unspecified atom stereocenters. The Morgan fingerprint density at radius 3 is 2.27 bits per heavy atom. The second kappa shape index (κ2) is 5.23. The van der Waals surface area contributed by atoms with Crippen molar-refractivity contribution in [3.8, 4) is 0 Å². The van der Waals surface area contributed by atoms with E-state index in [1.54, 1.807) is 0 Å². The maximum absolute atomic E-state index is 11.7. The van der Waals surface area contributed by atoms with Crippen LogP contribution in [0.4, 0.5) is 18.0 Å². The third-order valence-corrected chi connectivity index (χ3v) is 2.04. The summed E-state index contributed by atoms with van der Waals surface area (Å²) < 4.78 is 38.9. The van der Waals surface area contributed by atoms with E-state index in [2.05, 4.69) is 10.1 Å². The molecule has 1 N–H and O–H groups in total. The fourth-order valence-electron chi connectivity index (χ4n) is 0.635. The summed E-state index contributed by atoms with van der Waals surface area (Å²) in [5, 5.41) is 2.29. The maximum Gasteiger partial charge on any atom is 0.422 e. The van der Waals surface area contributed by atoms with Gasteiger partial charge in [0.15, 0.2) is 6.61 Å². The predicted octanol–water partition coefficient (Wildman–Crippen LogP) is 2.71. The van der Waals surface area contributed by atoms with Crippen molar-refractivity contribution in [1.29, 1.82) is 0 Å². The monoisotopic (exact) mass is 227 g/mol. The summed E-state index contributed by atoms with van der Waals surface area (Å²) in [6.07, 6.45) is -4.70. The van der Waals surface area contributed by atoms with E-state index in [1.807, 2.05) is 20.8 Å². The Hall–Kier alpha value is -0.940. The summed E-state index contributed by atoms with van der Waals surface area (Å²) in [6.45, 7) is 4.47. The van der Waals surface area contributed by atoms with Gasteiger partial charge in [-0.2, -0.15) is 13.2 Å². The van der Waals surface area contributed by atoms with Crippen LogP contribution >= 0.6 is 0 Å². The molecule has 0 aromatic heterocycles. The van der Waals surface area contributed by atoms with E-state index in [-0.39, 0.29) is 5.41 Å². The van der Waals surface area contributed by atoms with Crippen molar-refractivity contribution in [3.05, 3.63) is 0 Å². The van der Waals surface area contributed by atoms with Gasteiger partial charge in [-0.3, -0.25) is 0 Å². The molecule has 0 aromatic carbocycles. The highest BCUT2D eigenvalue weighted by molar-refractivity contribution is 5.67. The first-order valence-electron chi connectivity index (χ1n) is 4.64. The number of ether oxygens (including phenoxy) is 1. The number of carbonyl (C=O) groups is 1. The van der Waals surface area contributed by atoms with E-state index in [4.69, 9.17) is 0 Å². The maximum atomic E-state index is 11.7. The van der Waals surface area contributed by atoms with Gasteiger partial charge in [0.25, 0.3) is 0 Å². The summed E-state index contributed by atoms with van der Waals surface area (Å²) in [7, 11) is 0. The molecule has 0 aromatic rings. The van der Waals surface area contributed by atoms with Crippen LogP contribution in [0.2, 0.25) is 0 Å². The number of halogens is 3. The van der Waals surface area contributed by atoms with Crippen molar-refractivity contribution in [3.63, 3.8) is 0 Å². The smallest absolute Gasteiger partial charge is 0.422 e. The fourth-order valence-corrected chi connectivity index (χ4v) is 0.635. The van der Waals surface area contributed by atoms with E-state index in [9.17, 15) is 18.0 Å². The molecule has 90 valence electrons. The molecule has 0 aliphatic rings. The lowest BCUT2D eigenvalue weighted by Crippen LogP contribution is -2.35. The van der Waals surface area contributed by atoms with E-state index in [0.717, 1.165) is 6.42 Å². The molecule has 0 rings (SSSR count). The van der Waals surface area contributed by atoms with E-state index in [0.29, 0.717) is 6.54 Å². The van der Waals surface area contributed by atoms with Gasteiger partial charge in [-0.1, -0.05) is 20.8 Å². The minimum atomic E-state index is -4.47. The summed E-state index contributed by atoms with van der Waals surface area (Å²) >= 11 is 0. The zero-order valence-electron chi connectivity index (χ0n) is 9.07. The Bertz CT molecular complexity index is 214.